The van der Waals surface area contributed by atoms with Gasteiger partial charge in [-0.15, -0.1) is 0 Å². The quantitative estimate of drug-likeness (QED) is 0.679. The van der Waals surface area contributed by atoms with E-state index in [9.17, 15) is 4.79 Å². The van der Waals surface area contributed by atoms with Crippen molar-refractivity contribution in [1.29, 1.82) is 5.26 Å². The number of ether oxygens (including phenoxy) is 3. The zero-order valence-corrected chi connectivity index (χ0v) is 18.6. The maximum Gasteiger partial charge on any atom is 0.410 e. The molecule has 0 aromatic heterocycles. The minimum absolute atomic E-state index is 0.0837. The van der Waals surface area contributed by atoms with Crippen molar-refractivity contribution >= 4 is 6.09 Å². The lowest BCUT2D eigenvalue weighted by atomic mass is 9.81. The van der Waals surface area contributed by atoms with Crippen LogP contribution in [0.2, 0.25) is 0 Å². The second-order valence-electron chi connectivity index (χ2n) is 8.81. The summed E-state index contributed by atoms with van der Waals surface area (Å²) in [6.45, 7) is 7.23. The molecule has 1 aliphatic heterocycles. The van der Waals surface area contributed by atoms with Crippen LogP contribution in [0.4, 0.5) is 4.79 Å². The Morgan fingerprint density at radius 3 is 2.55 bits per heavy atom. The third kappa shape index (κ3) is 6.14. The molecule has 6 nitrogen and oxygen atoms in total. The Kier molecular flexibility index (Phi) is 7.06. The number of amides is 1. The molecule has 6 heteroatoms. The minimum atomic E-state index is -0.534. The molecule has 1 heterocycles. The summed E-state index contributed by atoms with van der Waals surface area (Å²) >= 11 is 0. The molecule has 31 heavy (non-hydrogen) atoms. The van der Waals surface area contributed by atoms with Gasteiger partial charge in [0.15, 0.2) is 0 Å². The number of hydrogen-bond acceptors (Lipinski definition) is 5. The summed E-state index contributed by atoms with van der Waals surface area (Å²) in [6, 6.07) is 17.4. The molecule has 2 aromatic rings. The van der Waals surface area contributed by atoms with Gasteiger partial charge in [-0.3, -0.25) is 0 Å². The van der Waals surface area contributed by atoms with Crippen LogP contribution < -0.4 is 9.47 Å². The number of nitriles is 1. The van der Waals surface area contributed by atoms with Crippen LogP contribution in [0.25, 0.3) is 0 Å². The Balaban J connectivity index is 1.77. The number of likely N-dealkylation sites (tertiary alicyclic amines) is 1. The van der Waals surface area contributed by atoms with E-state index in [-0.39, 0.29) is 17.9 Å². The number of methoxy groups -OCH3 is 1. The standard InChI is InChI=1S/C25H30N2O4/c1-25(2,3)31-24(28)27-13-12-23(19-8-10-21(29-4)11-9-19)20(16-27)17-30-22-7-5-6-18(14-22)15-26/h5-11,14,20,23H,12-13,16-17H2,1-4H3. The van der Waals surface area contributed by atoms with Crippen molar-refractivity contribution in [1.82, 2.24) is 4.90 Å². The van der Waals surface area contributed by atoms with Gasteiger partial charge < -0.3 is 19.1 Å². The summed E-state index contributed by atoms with van der Waals surface area (Å²) < 4.78 is 16.9. The van der Waals surface area contributed by atoms with Crippen molar-refractivity contribution in [2.45, 2.75) is 38.7 Å². The van der Waals surface area contributed by atoms with Crippen molar-refractivity contribution < 1.29 is 19.0 Å². The molecular formula is C25H30N2O4. The van der Waals surface area contributed by atoms with Crippen LogP contribution in [0.3, 0.4) is 0 Å². The summed E-state index contributed by atoms with van der Waals surface area (Å²) in [5, 5.41) is 9.13. The van der Waals surface area contributed by atoms with Gasteiger partial charge >= 0.3 is 6.09 Å². The summed E-state index contributed by atoms with van der Waals surface area (Å²) in [6.07, 6.45) is 0.523. The molecule has 0 spiro atoms. The Labute approximate surface area is 184 Å². The van der Waals surface area contributed by atoms with Crippen LogP contribution in [-0.2, 0) is 4.74 Å². The van der Waals surface area contributed by atoms with Crippen LogP contribution in [0, 0.1) is 17.2 Å². The molecule has 0 radical (unpaired) electrons. The molecule has 0 bridgehead atoms. The van der Waals surface area contributed by atoms with Gasteiger partial charge in [-0.25, -0.2) is 4.79 Å². The summed E-state index contributed by atoms with van der Waals surface area (Å²) in [5.41, 5.74) is 1.22. The first kappa shape index (κ1) is 22.5. The van der Waals surface area contributed by atoms with Crippen molar-refractivity contribution in [3.05, 3.63) is 59.7 Å². The Bertz CT molecular complexity index is 928. The molecule has 0 aliphatic carbocycles. The van der Waals surface area contributed by atoms with Gasteiger partial charge in [0.1, 0.15) is 17.1 Å². The summed E-state index contributed by atoms with van der Waals surface area (Å²) in [4.78, 5) is 14.4. The SMILES string of the molecule is COc1ccc(C2CCN(C(=O)OC(C)(C)C)CC2COc2cccc(C#N)c2)cc1. The van der Waals surface area contributed by atoms with E-state index in [4.69, 9.17) is 19.5 Å². The molecule has 1 amide bonds. The summed E-state index contributed by atoms with van der Waals surface area (Å²) in [5.74, 6) is 1.79. The van der Waals surface area contributed by atoms with Crippen molar-refractivity contribution in [3.8, 4) is 17.6 Å². The highest BCUT2D eigenvalue weighted by atomic mass is 16.6. The smallest absolute Gasteiger partial charge is 0.410 e. The fourth-order valence-corrected chi connectivity index (χ4v) is 3.84. The number of benzene rings is 2. The van der Waals surface area contributed by atoms with E-state index >= 15 is 0 Å². The van der Waals surface area contributed by atoms with Gasteiger partial charge in [0.2, 0.25) is 0 Å². The molecule has 0 N–H and O–H groups in total. The molecule has 1 saturated heterocycles. The van der Waals surface area contributed by atoms with E-state index in [1.165, 1.54) is 5.56 Å². The van der Waals surface area contributed by atoms with Gasteiger partial charge in [0.25, 0.3) is 0 Å². The second kappa shape index (κ2) is 9.74. The van der Waals surface area contributed by atoms with E-state index in [1.807, 2.05) is 45.0 Å². The predicted octanol–water partition coefficient (Wildman–Crippen LogP) is 4.99. The van der Waals surface area contributed by atoms with E-state index in [2.05, 4.69) is 18.2 Å². The molecule has 2 aromatic carbocycles. The molecular weight excluding hydrogens is 392 g/mol. The Hall–Kier alpha value is -3.20. The fraction of sp³-hybridized carbons (Fsp3) is 0.440. The normalized spacial score (nSPS) is 18.7. The predicted molar refractivity (Wildman–Crippen MR) is 118 cm³/mol. The second-order valence-corrected chi connectivity index (χ2v) is 8.81. The van der Waals surface area contributed by atoms with Crippen LogP contribution in [0.1, 0.15) is 44.2 Å². The highest BCUT2D eigenvalue weighted by Gasteiger charge is 2.34. The largest absolute Gasteiger partial charge is 0.497 e. The lowest BCUT2D eigenvalue weighted by Gasteiger charge is -2.39. The lowest BCUT2D eigenvalue weighted by Crippen LogP contribution is -2.46. The molecule has 164 valence electrons. The maximum atomic E-state index is 12.7. The summed E-state index contributed by atoms with van der Waals surface area (Å²) in [7, 11) is 1.65. The first-order valence-electron chi connectivity index (χ1n) is 10.5. The zero-order chi connectivity index (χ0) is 22.4. The number of piperidine rings is 1. The molecule has 2 unspecified atom stereocenters. The Morgan fingerprint density at radius 1 is 1.16 bits per heavy atom. The fourth-order valence-electron chi connectivity index (χ4n) is 3.84. The van der Waals surface area contributed by atoms with Crippen molar-refractivity contribution in [2.24, 2.45) is 5.92 Å². The highest BCUT2D eigenvalue weighted by Crippen LogP contribution is 2.35. The van der Waals surface area contributed by atoms with E-state index in [1.54, 1.807) is 24.1 Å². The minimum Gasteiger partial charge on any atom is -0.497 e. The average Bonchev–Trinajstić information content (AvgIpc) is 2.76. The Morgan fingerprint density at radius 2 is 1.90 bits per heavy atom. The van der Waals surface area contributed by atoms with Crippen LogP contribution >= 0.6 is 0 Å². The van der Waals surface area contributed by atoms with E-state index in [0.29, 0.717) is 31.0 Å². The number of rotatable bonds is 5. The van der Waals surface area contributed by atoms with E-state index < -0.39 is 5.60 Å². The first-order valence-corrected chi connectivity index (χ1v) is 10.5. The molecule has 0 saturated carbocycles. The van der Waals surface area contributed by atoms with Crippen LogP contribution in [-0.4, -0.2) is 43.4 Å². The van der Waals surface area contributed by atoms with Gasteiger partial charge in [-0.1, -0.05) is 18.2 Å². The lowest BCUT2D eigenvalue weighted by molar-refractivity contribution is 0.0111. The maximum absolute atomic E-state index is 12.7. The average molecular weight is 423 g/mol. The number of hydrogen-bond donors (Lipinski definition) is 0. The van der Waals surface area contributed by atoms with Gasteiger partial charge in [0.05, 0.1) is 25.3 Å². The van der Waals surface area contributed by atoms with Gasteiger partial charge in [-0.05, 0) is 69.0 Å². The number of nitrogens with zero attached hydrogens (tertiary/aromatic N) is 2. The zero-order valence-electron chi connectivity index (χ0n) is 18.6. The first-order chi connectivity index (χ1) is 14.8. The van der Waals surface area contributed by atoms with Gasteiger partial charge in [0, 0.05) is 19.0 Å². The topological polar surface area (TPSA) is 71.8 Å². The van der Waals surface area contributed by atoms with Gasteiger partial charge in [-0.2, -0.15) is 5.26 Å². The monoisotopic (exact) mass is 422 g/mol. The van der Waals surface area contributed by atoms with Crippen LogP contribution in [0.15, 0.2) is 48.5 Å². The van der Waals surface area contributed by atoms with Crippen molar-refractivity contribution in [2.75, 3.05) is 26.8 Å². The number of carbonyl (C=O) groups excluding carboxylic acids is 1. The highest BCUT2D eigenvalue weighted by molar-refractivity contribution is 5.68. The van der Waals surface area contributed by atoms with Crippen LogP contribution in [0.5, 0.6) is 11.5 Å². The molecule has 2 atom stereocenters. The molecule has 1 fully saturated rings. The molecule has 3 rings (SSSR count). The number of carbonyl (C=O) groups is 1. The third-order valence-electron chi connectivity index (χ3n) is 5.36. The van der Waals surface area contributed by atoms with Crippen molar-refractivity contribution in [3.63, 3.8) is 0 Å². The van der Waals surface area contributed by atoms with E-state index in [0.717, 1.165) is 12.2 Å². The molecule has 1 aliphatic rings. The third-order valence-corrected chi connectivity index (χ3v) is 5.36.